The molecule has 6 heteroatoms. The number of ether oxygens (including phenoxy) is 2. The summed E-state index contributed by atoms with van der Waals surface area (Å²) in [6.07, 6.45) is 2.89. The molecule has 0 atom stereocenters. The predicted molar refractivity (Wildman–Crippen MR) is 108 cm³/mol. The van der Waals surface area contributed by atoms with Crippen molar-refractivity contribution in [1.29, 1.82) is 5.26 Å². The molecule has 2 aromatic rings. The van der Waals surface area contributed by atoms with Crippen LogP contribution in [-0.4, -0.2) is 33.2 Å². The van der Waals surface area contributed by atoms with Crippen LogP contribution >= 0.6 is 0 Å². The molecule has 0 aliphatic carbocycles. The number of benzene rings is 2. The van der Waals surface area contributed by atoms with Gasteiger partial charge in [-0.1, -0.05) is 36.4 Å². The van der Waals surface area contributed by atoms with Crippen LogP contribution in [0.4, 0.5) is 0 Å². The molecular weight excluding hydrogens is 354 g/mol. The highest BCUT2D eigenvalue weighted by molar-refractivity contribution is 5.97. The van der Waals surface area contributed by atoms with Gasteiger partial charge in [-0.15, -0.1) is 0 Å². The molecule has 2 aromatic carbocycles. The first-order valence-electron chi connectivity index (χ1n) is 9.04. The summed E-state index contributed by atoms with van der Waals surface area (Å²) in [5.74, 6) is 0.973. The van der Waals surface area contributed by atoms with E-state index < -0.39 is 0 Å². The van der Waals surface area contributed by atoms with Gasteiger partial charge in [0, 0.05) is 19.3 Å². The minimum atomic E-state index is -0.378. The third-order valence-electron chi connectivity index (χ3n) is 4.16. The van der Waals surface area contributed by atoms with Crippen LogP contribution in [-0.2, 0) is 17.6 Å². The summed E-state index contributed by atoms with van der Waals surface area (Å²) in [5.41, 5.74) is 2.25. The van der Waals surface area contributed by atoms with E-state index in [1.807, 2.05) is 54.6 Å². The molecule has 0 aliphatic rings. The molecule has 2 rings (SSSR count). The first-order chi connectivity index (χ1) is 13.7. The topological polar surface area (TPSA) is 83.4 Å². The molecule has 146 valence electrons. The number of carbonyl (C=O) groups is 1. The fourth-order valence-corrected chi connectivity index (χ4v) is 2.64. The van der Waals surface area contributed by atoms with E-state index in [-0.39, 0.29) is 11.5 Å². The summed E-state index contributed by atoms with van der Waals surface area (Å²) in [4.78, 5) is 12.1. The van der Waals surface area contributed by atoms with Crippen LogP contribution in [0.2, 0.25) is 0 Å². The number of nitrogens with zero attached hydrogens (tertiary/aromatic N) is 1. The number of nitrogens with one attached hydrogen (secondary N) is 2. The largest absolute Gasteiger partial charge is 0.493 e. The molecule has 0 aliphatic heterocycles. The summed E-state index contributed by atoms with van der Waals surface area (Å²) >= 11 is 0. The van der Waals surface area contributed by atoms with Crippen molar-refractivity contribution >= 4 is 5.91 Å². The fourth-order valence-electron chi connectivity index (χ4n) is 2.64. The minimum Gasteiger partial charge on any atom is -0.493 e. The fraction of sp³-hybridized carbons (Fsp3) is 0.273. The highest BCUT2D eigenvalue weighted by Gasteiger charge is 2.08. The van der Waals surface area contributed by atoms with Crippen molar-refractivity contribution in [2.45, 2.75) is 12.8 Å². The Morgan fingerprint density at radius 3 is 2.39 bits per heavy atom. The highest BCUT2D eigenvalue weighted by atomic mass is 16.5. The second kappa shape index (κ2) is 11.3. The van der Waals surface area contributed by atoms with Crippen LogP contribution in [0, 0.1) is 11.3 Å². The molecule has 0 spiro atoms. The second-order valence-corrected chi connectivity index (χ2v) is 6.05. The summed E-state index contributed by atoms with van der Waals surface area (Å²) in [6, 6.07) is 17.5. The normalized spacial score (nSPS) is 10.7. The van der Waals surface area contributed by atoms with Crippen LogP contribution in [0.15, 0.2) is 60.3 Å². The number of hydrogen-bond donors (Lipinski definition) is 2. The summed E-state index contributed by atoms with van der Waals surface area (Å²) in [5, 5.41) is 15.0. The van der Waals surface area contributed by atoms with Gasteiger partial charge < -0.3 is 20.1 Å². The Bertz CT molecular complexity index is 842. The van der Waals surface area contributed by atoms with Crippen molar-refractivity contribution in [3.63, 3.8) is 0 Å². The molecule has 2 N–H and O–H groups in total. The van der Waals surface area contributed by atoms with Gasteiger partial charge in [0.15, 0.2) is 11.5 Å². The second-order valence-electron chi connectivity index (χ2n) is 6.05. The Labute approximate surface area is 165 Å². The zero-order chi connectivity index (χ0) is 20.2. The van der Waals surface area contributed by atoms with Crippen LogP contribution in [0.1, 0.15) is 11.1 Å². The Morgan fingerprint density at radius 1 is 1.00 bits per heavy atom. The Kier molecular flexibility index (Phi) is 8.41. The highest BCUT2D eigenvalue weighted by Crippen LogP contribution is 2.27. The zero-order valence-corrected chi connectivity index (χ0v) is 16.2. The van der Waals surface area contributed by atoms with Crippen molar-refractivity contribution in [1.82, 2.24) is 10.6 Å². The lowest BCUT2D eigenvalue weighted by molar-refractivity contribution is -0.117. The Morgan fingerprint density at radius 2 is 1.71 bits per heavy atom. The van der Waals surface area contributed by atoms with Gasteiger partial charge in [0.25, 0.3) is 5.91 Å². The van der Waals surface area contributed by atoms with Gasteiger partial charge in [-0.3, -0.25) is 4.79 Å². The maximum atomic E-state index is 12.1. The van der Waals surface area contributed by atoms with E-state index in [0.29, 0.717) is 31.0 Å². The van der Waals surface area contributed by atoms with Gasteiger partial charge in [-0.2, -0.15) is 5.26 Å². The van der Waals surface area contributed by atoms with E-state index in [0.717, 1.165) is 17.5 Å². The minimum absolute atomic E-state index is 0.0559. The summed E-state index contributed by atoms with van der Waals surface area (Å²) in [7, 11) is 3.19. The molecule has 0 bridgehead atoms. The average molecular weight is 379 g/mol. The lowest BCUT2D eigenvalue weighted by atomic mass is 10.1. The van der Waals surface area contributed by atoms with Crippen molar-refractivity contribution in [2.75, 3.05) is 27.3 Å². The SMILES string of the molecule is COc1ccc(CCN/C=C(/C#N)C(=O)NCCc2ccccc2)cc1OC. The first kappa shape index (κ1) is 20.8. The van der Waals surface area contributed by atoms with Gasteiger partial charge in [-0.05, 0) is 36.1 Å². The van der Waals surface area contributed by atoms with Crippen molar-refractivity contribution < 1.29 is 14.3 Å². The van der Waals surface area contributed by atoms with Crippen LogP contribution in [0.25, 0.3) is 0 Å². The molecule has 0 fully saturated rings. The number of carbonyl (C=O) groups excluding carboxylic acids is 1. The van der Waals surface area contributed by atoms with E-state index in [1.165, 1.54) is 6.20 Å². The van der Waals surface area contributed by atoms with E-state index >= 15 is 0 Å². The van der Waals surface area contributed by atoms with Crippen LogP contribution in [0.5, 0.6) is 11.5 Å². The predicted octanol–water partition coefficient (Wildman–Crippen LogP) is 2.60. The van der Waals surface area contributed by atoms with Gasteiger partial charge in [0.1, 0.15) is 11.6 Å². The Hall–Kier alpha value is -3.46. The average Bonchev–Trinajstić information content (AvgIpc) is 2.74. The number of methoxy groups -OCH3 is 2. The van der Waals surface area contributed by atoms with Gasteiger partial charge >= 0.3 is 0 Å². The standard InChI is InChI=1S/C22H25N3O3/c1-27-20-9-8-18(14-21(20)28-2)10-12-24-16-19(15-23)22(26)25-13-11-17-6-4-3-5-7-17/h3-9,14,16,24H,10-13H2,1-2H3,(H,25,26)/b19-16-. The van der Waals surface area contributed by atoms with Crippen molar-refractivity contribution in [3.8, 4) is 17.6 Å². The summed E-state index contributed by atoms with van der Waals surface area (Å²) < 4.78 is 10.5. The molecule has 1 amide bonds. The van der Waals surface area contributed by atoms with Gasteiger partial charge in [0.05, 0.1) is 14.2 Å². The van der Waals surface area contributed by atoms with Crippen LogP contribution < -0.4 is 20.1 Å². The maximum absolute atomic E-state index is 12.1. The molecule has 6 nitrogen and oxygen atoms in total. The number of amides is 1. The van der Waals surface area contributed by atoms with Gasteiger partial charge in [-0.25, -0.2) is 0 Å². The number of nitriles is 1. The third kappa shape index (κ3) is 6.36. The van der Waals surface area contributed by atoms with Crippen molar-refractivity contribution in [3.05, 3.63) is 71.4 Å². The molecule has 0 aromatic heterocycles. The third-order valence-corrected chi connectivity index (χ3v) is 4.16. The maximum Gasteiger partial charge on any atom is 0.263 e. The lowest BCUT2D eigenvalue weighted by Gasteiger charge is -2.09. The molecule has 0 radical (unpaired) electrons. The molecule has 0 heterocycles. The monoisotopic (exact) mass is 379 g/mol. The quantitative estimate of drug-likeness (QED) is 0.377. The van der Waals surface area contributed by atoms with E-state index in [9.17, 15) is 10.1 Å². The molecule has 0 saturated heterocycles. The molecule has 0 saturated carbocycles. The van der Waals surface area contributed by atoms with Gasteiger partial charge in [0.2, 0.25) is 0 Å². The van der Waals surface area contributed by atoms with E-state index in [1.54, 1.807) is 14.2 Å². The molecule has 28 heavy (non-hydrogen) atoms. The number of rotatable bonds is 10. The molecule has 0 unspecified atom stereocenters. The van der Waals surface area contributed by atoms with Crippen LogP contribution in [0.3, 0.4) is 0 Å². The van der Waals surface area contributed by atoms with Crippen molar-refractivity contribution in [2.24, 2.45) is 0 Å². The lowest BCUT2D eigenvalue weighted by Crippen LogP contribution is -2.27. The Balaban J connectivity index is 1.79. The summed E-state index contributed by atoms with van der Waals surface area (Å²) in [6.45, 7) is 1.06. The zero-order valence-electron chi connectivity index (χ0n) is 16.2. The van der Waals surface area contributed by atoms with E-state index in [2.05, 4.69) is 10.6 Å². The molecular formula is C22H25N3O3. The van der Waals surface area contributed by atoms with E-state index in [4.69, 9.17) is 9.47 Å². The smallest absolute Gasteiger partial charge is 0.263 e. The number of hydrogen-bond acceptors (Lipinski definition) is 5. The first-order valence-corrected chi connectivity index (χ1v) is 9.04.